The topological polar surface area (TPSA) is 141 Å². The molecule has 10 heteroatoms. The third kappa shape index (κ3) is 95.1. The van der Waals surface area contributed by atoms with Gasteiger partial charge in [0.1, 0.15) is 0 Å². The molecule has 0 aliphatic rings. The fourth-order valence-electron chi connectivity index (χ4n) is 0. The van der Waals surface area contributed by atoms with Crippen LogP contribution in [0.15, 0.2) is 0 Å². The second-order valence-corrected chi connectivity index (χ2v) is 1.54. The minimum absolute atomic E-state index is 0. The summed E-state index contributed by atoms with van der Waals surface area (Å²) in [6.45, 7) is 0. The second kappa shape index (κ2) is 18.6. The minimum atomic E-state index is -4.64. The largest absolute Gasteiger partial charge is 2.00 e. The first-order chi connectivity index (χ1) is 2.00. The van der Waals surface area contributed by atoms with Gasteiger partial charge in [-0.05, 0) is 0 Å². The van der Waals surface area contributed by atoms with Crippen molar-refractivity contribution < 1.29 is 38.8 Å². The quantitative estimate of drug-likeness (QED) is 0.314. The average Bonchev–Trinajstić information content (AvgIpc) is 0.722. The predicted octanol–water partition coefficient (Wildman–Crippen LogP) is -3.05. The first kappa shape index (κ1) is 37.2. The van der Waals surface area contributed by atoms with E-state index in [4.69, 9.17) is 19.2 Å². The molecular formula is H13Ca3O6P. The first-order valence-electron chi connectivity index (χ1n) is 0.783. The molecule has 60 valence electrons. The SMILES string of the molecule is O.O.O=P(O)(O)O.[Ca+2].[Ca+2].[Ca+2].[H-].[H-].[H-].[H-].[H-].[H-]. The molecule has 0 heterocycles. The molecule has 0 saturated carbocycles. The van der Waals surface area contributed by atoms with Gasteiger partial charge < -0.3 is 34.2 Å². The van der Waals surface area contributed by atoms with Gasteiger partial charge in [0.25, 0.3) is 0 Å². The van der Waals surface area contributed by atoms with E-state index in [1.165, 1.54) is 0 Å². The molecule has 0 bridgehead atoms. The van der Waals surface area contributed by atoms with E-state index in [1.54, 1.807) is 0 Å². The van der Waals surface area contributed by atoms with Crippen LogP contribution in [0.3, 0.4) is 0 Å². The Labute approximate surface area is 157 Å². The smallest absolute Gasteiger partial charge is 1.00 e. The summed E-state index contributed by atoms with van der Waals surface area (Å²) in [5.74, 6) is 0. The Morgan fingerprint density at radius 3 is 0.900 bits per heavy atom. The van der Waals surface area contributed by atoms with Gasteiger partial charge in [-0.1, -0.05) is 0 Å². The summed E-state index contributed by atoms with van der Waals surface area (Å²) in [6, 6.07) is 0. The predicted molar refractivity (Wildman–Crippen MR) is 45.4 cm³/mol. The molecule has 0 amide bonds. The van der Waals surface area contributed by atoms with Crippen LogP contribution in [0.4, 0.5) is 0 Å². The Hall–Kier alpha value is 3.81. The fraction of sp³-hybridized carbons (Fsp3) is 0. The average molecular weight is 260 g/mol. The van der Waals surface area contributed by atoms with Crippen LogP contribution in [-0.2, 0) is 4.57 Å². The van der Waals surface area contributed by atoms with E-state index in [9.17, 15) is 0 Å². The van der Waals surface area contributed by atoms with E-state index in [-0.39, 0.29) is 133 Å². The van der Waals surface area contributed by atoms with E-state index in [0.29, 0.717) is 0 Å². The summed E-state index contributed by atoms with van der Waals surface area (Å²) >= 11 is 0. The Morgan fingerprint density at radius 2 is 0.900 bits per heavy atom. The van der Waals surface area contributed by atoms with Crippen molar-refractivity contribution in [3.05, 3.63) is 0 Å². The van der Waals surface area contributed by atoms with Crippen molar-refractivity contribution in [1.82, 2.24) is 0 Å². The molecule has 0 saturated heterocycles. The first-order valence-corrected chi connectivity index (χ1v) is 2.35. The standard InChI is InChI=1S/3Ca.H3O4P.2H2O.6H/c;;;1-5(2,3)4;;;;;;;;/h;;;(H3,1,2,3,4);2*1H2;;;;;;/q3*+2;;;;6*-1. The van der Waals surface area contributed by atoms with Crippen molar-refractivity contribution in [2.45, 2.75) is 0 Å². The fourth-order valence-corrected chi connectivity index (χ4v) is 0. The maximum absolute atomic E-state index is 8.88. The van der Waals surface area contributed by atoms with E-state index >= 15 is 0 Å². The molecule has 6 nitrogen and oxygen atoms in total. The van der Waals surface area contributed by atoms with Crippen molar-refractivity contribution in [2.75, 3.05) is 0 Å². The van der Waals surface area contributed by atoms with E-state index < -0.39 is 7.82 Å². The van der Waals surface area contributed by atoms with E-state index in [2.05, 4.69) is 0 Å². The van der Waals surface area contributed by atoms with Crippen LogP contribution in [0.25, 0.3) is 0 Å². The van der Waals surface area contributed by atoms with Crippen molar-refractivity contribution in [3.63, 3.8) is 0 Å². The summed E-state index contributed by atoms with van der Waals surface area (Å²) in [4.78, 5) is 21.6. The molecule has 0 unspecified atom stereocenters. The molecule has 0 aromatic carbocycles. The Balaban J connectivity index is -0.00000000145. The maximum atomic E-state index is 8.88. The zero-order valence-electron chi connectivity index (χ0n) is 11.3. The van der Waals surface area contributed by atoms with Crippen molar-refractivity contribution in [1.29, 1.82) is 0 Å². The summed E-state index contributed by atoms with van der Waals surface area (Å²) in [7, 11) is -4.64. The number of rotatable bonds is 0. The summed E-state index contributed by atoms with van der Waals surface area (Å²) in [6.07, 6.45) is 0. The summed E-state index contributed by atoms with van der Waals surface area (Å²) in [5, 5.41) is 0. The number of phosphoric acid groups is 1. The van der Waals surface area contributed by atoms with Gasteiger partial charge in [0, 0.05) is 0 Å². The Bertz CT molecular complexity index is 74.4. The molecular weight excluding hydrogens is 247 g/mol. The van der Waals surface area contributed by atoms with E-state index in [1.807, 2.05) is 0 Å². The normalized spacial score (nSPS) is 5.90. The van der Waals surface area contributed by atoms with Crippen LogP contribution in [-0.4, -0.2) is 139 Å². The molecule has 10 heavy (non-hydrogen) atoms. The minimum Gasteiger partial charge on any atom is -1.00 e. The van der Waals surface area contributed by atoms with Gasteiger partial charge in [0.2, 0.25) is 0 Å². The third-order valence-corrected chi connectivity index (χ3v) is 0. The van der Waals surface area contributed by atoms with Crippen LogP contribution in [0, 0.1) is 0 Å². The molecule has 0 aliphatic carbocycles. The number of hydrogen-bond donors (Lipinski definition) is 3. The van der Waals surface area contributed by atoms with Crippen LogP contribution in [0.1, 0.15) is 8.56 Å². The van der Waals surface area contributed by atoms with Crippen molar-refractivity contribution in [3.8, 4) is 0 Å². The zero-order valence-corrected chi connectivity index (χ0v) is 12.8. The molecule has 7 N–H and O–H groups in total. The molecule has 0 spiro atoms. The van der Waals surface area contributed by atoms with Gasteiger partial charge in [0.05, 0.1) is 0 Å². The summed E-state index contributed by atoms with van der Waals surface area (Å²) < 4.78 is 8.88. The molecule has 0 aliphatic heterocycles. The second-order valence-electron chi connectivity index (χ2n) is 0.513. The van der Waals surface area contributed by atoms with Crippen molar-refractivity contribution >= 4 is 121 Å². The van der Waals surface area contributed by atoms with Crippen LogP contribution < -0.4 is 0 Å². The van der Waals surface area contributed by atoms with Gasteiger partial charge >= 0.3 is 121 Å². The molecule has 0 aromatic rings. The van der Waals surface area contributed by atoms with Crippen molar-refractivity contribution in [2.24, 2.45) is 0 Å². The third-order valence-electron chi connectivity index (χ3n) is 0. The molecule has 0 atom stereocenters. The van der Waals surface area contributed by atoms with Crippen LogP contribution >= 0.6 is 7.82 Å². The van der Waals surface area contributed by atoms with Gasteiger partial charge in [-0.2, -0.15) is 0 Å². The molecule has 0 aromatic heterocycles. The van der Waals surface area contributed by atoms with Gasteiger partial charge in [0.15, 0.2) is 0 Å². The van der Waals surface area contributed by atoms with Crippen LogP contribution in [0.2, 0.25) is 0 Å². The Kier molecular flexibility index (Phi) is 69.0. The van der Waals surface area contributed by atoms with E-state index in [0.717, 1.165) is 0 Å². The monoisotopic (exact) mass is 260 g/mol. The maximum Gasteiger partial charge on any atom is 2.00 e. The zero-order chi connectivity index (χ0) is 4.50. The molecule has 0 fully saturated rings. The van der Waals surface area contributed by atoms with Gasteiger partial charge in [-0.3, -0.25) is 0 Å². The molecule has 0 rings (SSSR count). The Morgan fingerprint density at radius 1 is 0.900 bits per heavy atom. The van der Waals surface area contributed by atoms with Gasteiger partial charge in [-0.15, -0.1) is 0 Å². The summed E-state index contributed by atoms with van der Waals surface area (Å²) in [5.41, 5.74) is 0. The van der Waals surface area contributed by atoms with Gasteiger partial charge in [-0.25, -0.2) is 4.57 Å². The van der Waals surface area contributed by atoms with Crippen LogP contribution in [0.5, 0.6) is 0 Å². The number of hydrogen-bond acceptors (Lipinski definition) is 1. The molecule has 0 radical (unpaired) electrons.